The maximum atomic E-state index is 14.3. The number of aromatic nitrogens is 3. The fourth-order valence-corrected chi connectivity index (χ4v) is 2.21. The highest BCUT2D eigenvalue weighted by atomic mass is 19.1. The number of halogens is 1. The van der Waals surface area contributed by atoms with Crippen LogP contribution in [0.1, 0.15) is 29.8 Å². The van der Waals surface area contributed by atoms with Crippen molar-refractivity contribution in [2.75, 3.05) is 0 Å². The van der Waals surface area contributed by atoms with Crippen LogP contribution in [0.2, 0.25) is 0 Å². The predicted octanol–water partition coefficient (Wildman–Crippen LogP) is 2.99. The summed E-state index contributed by atoms with van der Waals surface area (Å²) >= 11 is 0. The molecule has 0 saturated carbocycles. The van der Waals surface area contributed by atoms with Crippen LogP contribution < -0.4 is 5.56 Å². The Bertz CT molecular complexity index is 1030. The molecule has 0 aromatic carbocycles. The van der Waals surface area contributed by atoms with Crippen LogP contribution >= 0.6 is 0 Å². The van der Waals surface area contributed by atoms with E-state index in [2.05, 4.69) is 16.7 Å². The summed E-state index contributed by atoms with van der Waals surface area (Å²) in [6, 6.07) is 4.40. The molecule has 0 atom stereocenters. The summed E-state index contributed by atoms with van der Waals surface area (Å²) in [5, 5.41) is 20.5. The molecule has 0 saturated heterocycles. The normalized spacial score (nSPS) is 12.7. The number of rotatable bonds is 5. The number of hydrogen-bond acceptors (Lipinski definition) is 4. The summed E-state index contributed by atoms with van der Waals surface area (Å²) < 4.78 is 15.4. The Morgan fingerprint density at radius 1 is 1.46 bits per heavy atom. The number of allylic oxidation sites excluding steroid dienone is 5. The quantitative estimate of drug-likeness (QED) is 0.633. The SMILES string of the molecule is C=C/C(C#N)=C(F)\C(C)=C(/C)c1c[nH]n(-c2ccc(C(=O)O)cn2)c1=O. The van der Waals surface area contributed by atoms with Crippen molar-refractivity contribution < 1.29 is 14.3 Å². The van der Waals surface area contributed by atoms with Crippen molar-refractivity contribution >= 4 is 11.5 Å². The molecule has 132 valence electrons. The van der Waals surface area contributed by atoms with Crippen molar-refractivity contribution in [3.8, 4) is 11.9 Å². The van der Waals surface area contributed by atoms with Gasteiger partial charge in [-0.25, -0.2) is 18.9 Å². The first kappa shape index (κ1) is 18.6. The maximum absolute atomic E-state index is 14.3. The molecular weight excluding hydrogens is 339 g/mol. The molecule has 7 nitrogen and oxygen atoms in total. The molecule has 0 aliphatic carbocycles. The second kappa shape index (κ2) is 7.44. The van der Waals surface area contributed by atoms with Crippen LogP contribution in [-0.4, -0.2) is 25.8 Å². The fraction of sp³-hybridized carbons (Fsp3) is 0.111. The predicted molar refractivity (Wildman–Crippen MR) is 93.4 cm³/mol. The third kappa shape index (κ3) is 3.37. The minimum Gasteiger partial charge on any atom is -0.478 e. The van der Waals surface area contributed by atoms with Gasteiger partial charge in [0, 0.05) is 12.4 Å². The largest absolute Gasteiger partial charge is 0.478 e. The first-order valence-corrected chi connectivity index (χ1v) is 7.42. The van der Waals surface area contributed by atoms with Crippen LogP contribution in [0.25, 0.3) is 11.4 Å². The number of carboxylic acid groups (broad SMARTS) is 1. The molecule has 2 heterocycles. The molecule has 0 amide bonds. The number of aromatic carboxylic acids is 1. The molecule has 0 fully saturated rings. The van der Waals surface area contributed by atoms with E-state index in [0.29, 0.717) is 5.57 Å². The average molecular weight is 354 g/mol. The molecule has 8 heteroatoms. The summed E-state index contributed by atoms with van der Waals surface area (Å²) in [4.78, 5) is 27.4. The number of hydrogen-bond donors (Lipinski definition) is 2. The number of nitrogens with one attached hydrogen (secondary N) is 1. The van der Waals surface area contributed by atoms with Crippen molar-refractivity contribution in [2.24, 2.45) is 0 Å². The van der Waals surface area contributed by atoms with E-state index in [9.17, 15) is 14.0 Å². The lowest BCUT2D eigenvalue weighted by Gasteiger charge is -2.04. The molecule has 0 bridgehead atoms. The van der Waals surface area contributed by atoms with E-state index in [0.717, 1.165) is 17.0 Å². The highest BCUT2D eigenvalue weighted by Gasteiger charge is 2.15. The van der Waals surface area contributed by atoms with Gasteiger partial charge >= 0.3 is 5.97 Å². The van der Waals surface area contributed by atoms with Gasteiger partial charge in [0.2, 0.25) is 0 Å². The van der Waals surface area contributed by atoms with Gasteiger partial charge in [0.1, 0.15) is 11.9 Å². The molecule has 0 aliphatic heterocycles. The van der Waals surface area contributed by atoms with E-state index >= 15 is 0 Å². The van der Waals surface area contributed by atoms with Crippen molar-refractivity contribution in [3.63, 3.8) is 0 Å². The highest BCUT2D eigenvalue weighted by molar-refractivity contribution is 5.87. The Labute approximate surface area is 148 Å². The van der Waals surface area contributed by atoms with Gasteiger partial charge in [0.15, 0.2) is 5.82 Å². The van der Waals surface area contributed by atoms with Crippen LogP contribution in [-0.2, 0) is 0 Å². The minimum atomic E-state index is -1.13. The summed E-state index contributed by atoms with van der Waals surface area (Å²) in [5.41, 5.74) is -0.0339. The van der Waals surface area contributed by atoms with Gasteiger partial charge in [0.05, 0.1) is 16.7 Å². The Hall–Kier alpha value is -3.73. The topological polar surface area (TPSA) is 112 Å². The van der Waals surface area contributed by atoms with E-state index in [1.165, 1.54) is 25.3 Å². The molecule has 2 aromatic rings. The molecule has 2 rings (SSSR count). The molecule has 0 unspecified atom stereocenters. The summed E-state index contributed by atoms with van der Waals surface area (Å²) in [5.74, 6) is -1.69. The van der Waals surface area contributed by atoms with E-state index in [4.69, 9.17) is 10.4 Å². The summed E-state index contributed by atoms with van der Waals surface area (Å²) in [6.45, 7) is 6.40. The van der Waals surface area contributed by atoms with Gasteiger partial charge in [-0.3, -0.25) is 9.89 Å². The highest BCUT2D eigenvalue weighted by Crippen LogP contribution is 2.24. The maximum Gasteiger partial charge on any atom is 0.337 e. The van der Waals surface area contributed by atoms with Gasteiger partial charge in [-0.1, -0.05) is 6.58 Å². The minimum absolute atomic E-state index is 0.0128. The number of nitriles is 1. The second-order valence-electron chi connectivity index (χ2n) is 5.33. The first-order valence-electron chi connectivity index (χ1n) is 7.42. The van der Waals surface area contributed by atoms with Gasteiger partial charge in [-0.2, -0.15) is 5.26 Å². The smallest absolute Gasteiger partial charge is 0.337 e. The number of aromatic amines is 1. The zero-order chi connectivity index (χ0) is 19.4. The zero-order valence-corrected chi connectivity index (χ0v) is 14.1. The Morgan fingerprint density at radius 3 is 2.65 bits per heavy atom. The molecular formula is C18H15FN4O3. The molecule has 2 aromatic heterocycles. The fourth-order valence-electron chi connectivity index (χ4n) is 2.21. The summed E-state index contributed by atoms with van der Waals surface area (Å²) in [6.07, 6.45) is 3.63. The lowest BCUT2D eigenvalue weighted by atomic mass is 10.0. The van der Waals surface area contributed by atoms with Gasteiger partial charge < -0.3 is 5.11 Å². The second-order valence-corrected chi connectivity index (χ2v) is 5.33. The van der Waals surface area contributed by atoms with Crippen LogP contribution in [0, 0.1) is 11.3 Å². The summed E-state index contributed by atoms with van der Waals surface area (Å²) in [7, 11) is 0. The van der Waals surface area contributed by atoms with Gasteiger partial charge in [-0.05, 0) is 43.2 Å². The van der Waals surface area contributed by atoms with Gasteiger partial charge in [0.25, 0.3) is 5.56 Å². The van der Waals surface area contributed by atoms with Crippen LogP contribution in [0.3, 0.4) is 0 Å². The Kier molecular flexibility index (Phi) is 5.33. The van der Waals surface area contributed by atoms with Crippen LogP contribution in [0.4, 0.5) is 4.39 Å². The third-order valence-electron chi connectivity index (χ3n) is 3.85. The Balaban J connectivity index is 2.52. The Morgan fingerprint density at radius 2 is 2.15 bits per heavy atom. The molecule has 0 spiro atoms. The van der Waals surface area contributed by atoms with Crippen LogP contribution in [0.5, 0.6) is 0 Å². The van der Waals surface area contributed by atoms with Crippen molar-refractivity contribution in [1.29, 1.82) is 5.26 Å². The van der Waals surface area contributed by atoms with Crippen LogP contribution in [0.15, 0.2) is 58.9 Å². The van der Waals surface area contributed by atoms with E-state index in [1.807, 2.05) is 0 Å². The van der Waals surface area contributed by atoms with E-state index < -0.39 is 17.4 Å². The number of H-pyrrole nitrogens is 1. The molecule has 0 radical (unpaired) electrons. The van der Waals surface area contributed by atoms with Crippen molar-refractivity contribution in [2.45, 2.75) is 13.8 Å². The number of carboxylic acids is 1. The average Bonchev–Trinajstić information content (AvgIpc) is 3.02. The third-order valence-corrected chi connectivity index (χ3v) is 3.85. The first-order chi connectivity index (χ1) is 12.3. The lowest BCUT2D eigenvalue weighted by molar-refractivity contribution is 0.0696. The van der Waals surface area contributed by atoms with Gasteiger partial charge in [-0.15, -0.1) is 0 Å². The van der Waals surface area contributed by atoms with Crippen molar-refractivity contribution in [1.82, 2.24) is 14.8 Å². The van der Waals surface area contributed by atoms with E-state index in [-0.39, 0.29) is 28.1 Å². The van der Waals surface area contributed by atoms with E-state index in [1.54, 1.807) is 13.0 Å². The molecule has 26 heavy (non-hydrogen) atoms. The molecule has 0 aliphatic rings. The molecule has 2 N–H and O–H groups in total. The monoisotopic (exact) mass is 354 g/mol. The number of carbonyl (C=O) groups is 1. The van der Waals surface area contributed by atoms with Crippen molar-refractivity contribution in [3.05, 3.63) is 75.6 Å². The number of nitrogens with zero attached hydrogens (tertiary/aromatic N) is 3. The zero-order valence-electron chi connectivity index (χ0n) is 14.1. The standard InChI is InChI=1S/C18H15FN4O3/c1-4-12(7-20)16(19)11(3)10(2)14-9-22-23(17(14)24)15-6-5-13(8-21-15)18(25)26/h4-6,8-9,22H,1H2,2-3H3,(H,25,26)/b11-10+,16-12-. The lowest BCUT2D eigenvalue weighted by Crippen LogP contribution is -2.18. The number of pyridine rings is 1.